The molecule has 0 aromatic heterocycles. The summed E-state index contributed by atoms with van der Waals surface area (Å²) in [5.41, 5.74) is 0. The Balaban J connectivity index is 1.71. The van der Waals surface area contributed by atoms with E-state index in [1.165, 1.54) is 25.7 Å². The Morgan fingerprint density at radius 3 is 2.12 bits per heavy atom. The van der Waals surface area contributed by atoms with Gasteiger partial charge in [-0.25, -0.2) is 8.78 Å². The molecule has 0 atom stereocenters. The lowest BCUT2D eigenvalue weighted by atomic mass is 9.86. The Kier molecular flexibility index (Phi) is 4.74. The molecule has 17 heavy (non-hydrogen) atoms. The molecule has 2 rings (SSSR count). The van der Waals surface area contributed by atoms with Gasteiger partial charge in [0, 0.05) is 32.2 Å². The van der Waals surface area contributed by atoms with Gasteiger partial charge in [0.25, 0.3) is 6.43 Å². The van der Waals surface area contributed by atoms with Crippen molar-refractivity contribution in [2.24, 2.45) is 5.92 Å². The summed E-state index contributed by atoms with van der Waals surface area (Å²) < 4.78 is 24.5. The molecule has 1 aliphatic heterocycles. The highest BCUT2D eigenvalue weighted by molar-refractivity contribution is 4.82. The first-order chi connectivity index (χ1) is 8.15. The van der Waals surface area contributed by atoms with Gasteiger partial charge in [-0.1, -0.05) is 6.92 Å². The van der Waals surface area contributed by atoms with E-state index in [-0.39, 0.29) is 6.54 Å². The molecular weight excluding hydrogens is 222 g/mol. The van der Waals surface area contributed by atoms with Gasteiger partial charge in [-0.3, -0.25) is 9.80 Å². The van der Waals surface area contributed by atoms with Crippen LogP contribution in [0.25, 0.3) is 0 Å². The van der Waals surface area contributed by atoms with Crippen molar-refractivity contribution in [2.75, 3.05) is 32.7 Å². The number of nitrogens with zero attached hydrogens (tertiary/aromatic N) is 2. The summed E-state index contributed by atoms with van der Waals surface area (Å²) in [5.74, 6) is 0.881. The van der Waals surface area contributed by atoms with Gasteiger partial charge < -0.3 is 0 Å². The first-order valence-electron chi connectivity index (χ1n) is 6.89. The van der Waals surface area contributed by atoms with Gasteiger partial charge in [0.2, 0.25) is 0 Å². The molecule has 2 aliphatic rings. The second-order valence-electron chi connectivity index (χ2n) is 5.64. The van der Waals surface area contributed by atoms with E-state index in [1.54, 1.807) is 0 Å². The predicted molar refractivity (Wildman–Crippen MR) is 65.4 cm³/mol. The third kappa shape index (κ3) is 3.88. The highest BCUT2D eigenvalue weighted by atomic mass is 19.3. The van der Waals surface area contributed by atoms with Crippen molar-refractivity contribution in [1.82, 2.24) is 9.80 Å². The predicted octanol–water partition coefficient (Wildman–Crippen LogP) is 2.45. The van der Waals surface area contributed by atoms with E-state index < -0.39 is 6.43 Å². The summed E-state index contributed by atoms with van der Waals surface area (Å²) in [7, 11) is 0. The van der Waals surface area contributed by atoms with Crippen molar-refractivity contribution in [1.29, 1.82) is 0 Å². The van der Waals surface area contributed by atoms with Crippen LogP contribution >= 0.6 is 0 Å². The second kappa shape index (κ2) is 6.10. The van der Waals surface area contributed by atoms with Crippen molar-refractivity contribution in [3.8, 4) is 0 Å². The molecule has 0 radical (unpaired) electrons. The van der Waals surface area contributed by atoms with Gasteiger partial charge in [-0.05, 0) is 31.6 Å². The highest BCUT2D eigenvalue weighted by Crippen LogP contribution is 2.27. The number of hydrogen-bond donors (Lipinski definition) is 0. The number of hydrogen-bond acceptors (Lipinski definition) is 2. The van der Waals surface area contributed by atoms with Crippen LogP contribution in [0.1, 0.15) is 32.6 Å². The normalized spacial score (nSPS) is 33.2. The van der Waals surface area contributed by atoms with Crippen LogP contribution in [-0.4, -0.2) is 55.0 Å². The van der Waals surface area contributed by atoms with E-state index in [0.717, 1.165) is 38.1 Å². The molecule has 0 amide bonds. The Hall–Kier alpha value is -0.220. The first kappa shape index (κ1) is 13.2. The molecule has 0 N–H and O–H groups in total. The number of halogens is 2. The molecule has 1 aliphatic carbocycles. The summed E-state index contributed by atoms with van der Waals surface area (Å²) in [5, 5.41) is 0. The maximum Gasteiger partial charge on any atom is 0.251 e. The van der Waals surface area contributed by atoms with Crippen LogP contribution in [0.2, 0.25) is 0 Å². The minimum atomic E-state index is -2.18. The van der Waals surface area contributed by atoms with Crippen LogP contribution in [0.15, 0.2) is 0 Å². The van der Waals surface area contributed by atoms with E-state index in [1.807, 2.05) is 4.90 Å². The van der Waals surface area contributed by atoms with Gasteiger partial charge in [0.15, 0.2) is 0 Å². The Bertz CT molecular complexity index is 219. The van der Waals surface area contributed by atoms with Crippen LogP contribution in [-0.2, 0) is 0 Å². The molecule has 0 aromatic rings. The zero-order valence-electron chi connectivity index (χ0n) is 10.7. The molecule has 1 heterocycles. The fourth-order valence-corrected chi connectivity index (χ4v) is 3.11. The summed E-state index contributed by atoms with van der Waals surface area (Å²) in [4.78, 5) is 4.42. The van der Waals surface area contributed by atoms with Crippen LogP contribution in [0, 0.1) is 5.92 Å². The molecule has 0 bridgehead atoms. The average molecular weight is 246 g/mol. The van der Waals surface area contributed by atoms with E-state index >= 15 is 0 Å². The monoisotopic (exact) mass is 246 g/mol. The number of rotatable bonds is 3. The number of alkyl halides is 2. The maximum atomic E-state index is 12.3. The molecular formula is C13H24F2N2. The van der Waals surface area contributed by atoms with Crippen molar-refractivity contribution in [2.45, 2.75) is 45.1 Å². The van der Waals surface area contributed by atoms with Crippen LogP contribution in [0.4, 0.5) is 8.78 Å². The van der Waals surface area contributed by atoms with Gasteiger partial charge in [-0.15, -0.1) is 0 Å². The lowest BCUT2D eigenvalue weighted by Gasteiger charge is -2.41. The molecule has 0 aromatic carbocycles. The summed E-state index contributed by atoms with van der Waals surface area (Å²) in [6.07, 6.45) is 3.09. The quantitative estimate of drug-likeness (QED) is 0.754. The Morgan fingerprint density at radius 1 is 1.00 bits per heavy atom. The fraction of sp³-hybridized carbons (Fsp3) is 1.00. The van der Waals surface area contributed by atoms with Crippen molar-refractivity contribution >= 4 is 0 Å². The first-order valence-corrected chi connectivity index (χ1v) is 6.89. The lowest BCUT2D eigenvalue weighted by molar-refractivity contribution is 0.0339. The lowest BCUT2D eigenvalue weighted by Crippen LogP contribution is -2.51. The maximum absolute atomic E-state index is 12.3. The van der Waals surface area contributed by atoms with Gasteiger partial charge in [0.1, 0.15) is 0 Å². The van der Waals surface area contributed by atoms with Crippen LogP contribution < -0.4 is 0 Å². The molecule has 0 spiro atoms. The minimum absolute atomic E-state index is 0.0461. The standard InChI is InChI=1S/C13H24F2N2/c1-11-2-4-12(5-3-11)17-8-6-16(7-9-17)10-13(14)15/h11-13H,2-10H2,1H3. The smallest absolute Gasteiger partial charge is 0.251 e. The fourth-order valence-electron chi connectivity index (χ4n) is 3.11. The van der Waals surface area contributed by atoms with Crippen molar-refractivity contribution in [3.63, 3.8) is 0 Å². The summed E-state index contributed by atoms with van der Waals surface area (Å²) in [6, 6.07) is 0.722. The largest absolute Gasteiger partial charge is 0.298 e. The number of piperazine rings is 1. The zero-order chi connectivity index (χ0) is 12.3. The molecule has 4 heteroatoms. The van der Waals surface area contributed by atoms with Crippen molar-refractivity contribution in [3.05, 3.63) is 0 Å². The summed E-state index contributed by atoms with van der Waals surface area (Å²) >= 11 is 0. The third-order valence-electron chi connectivity index (χ3n) is 4.30. The SMILES string of the molecule is CC1CCC(N2CCN(CC(F)F)CC2)CC1. The molecule has 1 saturated carbocycles. The molecule has 2 nitrogen and oxygen atoms in total. The van der Waals surface area contributed by atoms with Gasteiger partial charge in [0.05, 0.1) is 6.54 Å². The zero-order valence-corrected chi connectivity index (χ0v) is 10.7. The topological polar surface area (TPSA) is 6.48 Å². The van der Waals surface area contributed by atoms with Gasteiger partial charge in [-0.2, -0.15) is 0 Å². The van der Waals surface area contributed by atoms with E-state index in [9.17, 15) is 8.78 Å². The second-order valence-corrected chi connectivity index (χ2v) is 5.64. The highest BCUT2D eigenvalue weighted by Gasteiger charge is 2.27. The van der Waals surface area contributed by atoms with E-state index in [2.05, 4.69) is 11.8 Å². The minimum Gasteiger partial charge on any atom is -0.298 e. The molecule has 100 valence electrons. The van der Waals surface area contributed by atoms with Gasteiger partial charge >= 0.3 is 0 Å². The molecule has 2 fully saturated rings. The van der Waals surface area contributed by atoms with E-state index in [0.29, 0.717) is 0 Å². The van der Waals surface area contributed by atoms with Crippen molar-refractivity contribution < 1.29 is 8.78 Å². The molecule has 1 saturated heterocycles. The van der Waals surface area contributed by atoms with E-state index in [4.69, 9.17) is 0 Å². The summed E-state index contributed by atoms with van der Waals surface area (Å²) in [6.45, 7) is 5.87. The van der Waals surface area contributed by atoms with Crippen LogP contribution in [0.3, 0.4) is 0 Å². The average Bonchev–Trinajstić information content (AvgIpc) is 2.30. The molecule has 0 unspecified atom stereocenters. The third-order valence-corrected chi connectivity index (χ3v) is 4.30. The Morgan fingerprint density at radius 2 is 1.59 bits per heavy atom. The Labute approximate surface area is 103 Å². The van der Waals surface area contributed by atoms with Crippen LogP contribution in [0.5, 0.6) is 0 Å².